The lowest BCUT2D eigenvalue weighted by atomic mass is 10.2. The third-order valence-corrected chi connectivity index (χ3v) is 20.7. The fourth-order valence-corrected chi connectivity index (χ4v) is 15.5. The molecule has 7 aromatic carbocycles. The van der Waals surface area contributed by atoms with E-state index in [9.17, 15) is 29.8 Å². The van der Waals surface area contributed by atoms with Crippen molar-refractivity contribution >= 4 is 126 Å². The average Bonchev–Trinajstić information content (AvgIpc) is 3.29. The van der Waals surface area contributed by atoms with Gasteiger partial charge in [0, 0.05) is 64.9 Å². The second kappa shape index (κ2) is 23.0. The zero-order valence-electron chi connectivity index (χ0n) is 34.0. The van der Waals surface area contributed by atoms with Crippen molar-refractivity contribution in [3.8, 4) is 0 Å². The predicted molar refractivity (Wildman–Crippen MR) is 280 cm³/mol. The third-order valence-electron chi connectivity index (χ3n) is 9.46. The molecule has 0 fully saturated rings. The van der Waals surface area contributed by atoms with Gasteiger partial charge in [0.1, 0.15) is 10.6 Å². The Morgan fingerprint density at radius 2 is 0.881 bits per heavy atom. The number of benzene rings is 7. The predicted octanol–water partition coefficient (Wildman–Crippen LogP) is 11.8. The van der Waals surface area contributed by atoms with Crippen LogP contribution in [0, 0.1) is 0 Å². The van der Waals surface area contributed by atoms with Crippen LogP contribution in [-0.4, -0.2) is 44.0 Å². The van der Waals surface area contributed by atoms with Crippen molar-refractivity contribution in [1.82, 2.24) is 0 Å². The van der Waals surface area contributed by atoms with E-state index in [-0.39, 0.29) is 51.0 Å². The number of rotatable bonds is 17. The first-order valence-corrected chi connectivity index (χ1v) is 29.2. The zero-order valence-corrected chi connectivity index (χ0v) is 42.4. The van der Waals surface area contributed by atoms with Crippen molar-refractivity contribution in [2.45, 2.75) is 79.4 Å². The van der Waals surface area contributed by atoms with Gasteiger partial charge in [-0.15, -0.1) is 25.3 Å². The Hall–Kier alpha value is -3.40. The SMILES string of the molecule is C.C.COS(=O)(=O)c1cccc(P(=O)(c2ccc(Sc3ccc(Sc4ccc(S)cc4)cc3)c(CS(=O)(=O)O)c2)c2ccc(Sc3ccc(Sc4ccc(S)cc4)cc3)c(S(=O)(=O)OC)c2)c1. The molecule has 1 atom stereocenters. The van der Waals surface area contributed by atoms with Crippen LogP contribution in [0.1, 0.15) is 20.4 Å². The van der Waals surface area contributed by atoms with Gasteiger partial charge in [-0.25, -0.2) is 0 Å². The summed E-state index contributed by atoms with van der Waals surface area (Å²) in [6.07, 6.45) is 0. The Balaban J connectivity index is 0.00000420. The van der Waals surface area contributed by atoms with Crippen LogP contribution >= 0.6 is 79.4 Å². The number of hydrogen-bond donors (Lipinski definition) is 3. The van der Waals surface area contributed by atoms with Gasteiger partial charge >= 0.3 is 0 Å². The maximum Gasteiger partial charge on any atom is 0.297 e. The third kappa shape index (κ3) is 13.7. The molecule has 0 saturated carbocycles. The standard InChI is InChI=1S/C45H37O10PS9.2CH4/c1-54-64(50,51)42-5-3-4-31(27-42)56(46,32-6-24-43(30(26-32)29-63(47,48)49)61-40-20-16-38(17-21-40)59-36-12-8-34(57)9-13-36)33-7-25-44(45(28-33)65(52,53)55-2)62-41-22-18-39(19-23-41)60-37-14-10-35(58)11-15-37;;/h3-28,57-58H,29H2,1-2H3,(H,47,48,49);2*1H4. The van der Waals surface area contributed by atoms with E-state index in [0.29, 0.717) is 9.79 Å². The van der Waals surface area contributed by atoms with E-state index < -0.39 is 43.2 Å². The van der Waals surface area contributed by atoms with Gasteiger partial charge in [-0.2, -0.15) is 25.3 Å². The molecule has 0 spiro atoms. The topological polar surface area (TPSA) is 158 Å². The Kier molecular flexibility index (Phi) is 18.7. The molecule has 0 amide bonds. The smallest absolute Gasteiger partial charge is 0.297 e. The normalized spacial score (nSPS) is 12.7. The van der Waals surface area contributed by atoms with Crippen LogP contribution in [0.5, 0.6) is 0 Å². The van der Waals surface area contributed by atoms with Gasteiger partial charge in [0.05, 0.1) is 19.1 Å². The molecule has 7 rings (SSSR count). The fraction of sp³-hybridized carbons (Fsp3) is 0.106. The highest BCUT2D eigenvalue weighted by molar-refractivity contribution is 8.00. The van der Waals surface area contributed by atoms with Crippen molar-refractivity contribution in [2.24, 2.45) is 0 Å². The first-order chi connectivity index (χ1) is 30.8. The monoisotopic (exact) mass is 1090 g/mol. The lowest BCUT2D eigenvalue weighted by molar-refractivity contribution is 0.396. The Bertz CT molecular complexity index is 3240. The molecule has 0 heterocycles. The summed E-state index contributed by atoms with van der Waals surface area (Å²) in [6.45, 7) is 0. The summed E-state index contributed by atoms with van der Waals surface area (Å²) in [4.78, 5) is 7.10. The highest BCUT2D eigenvalue weighted by Gasteiger charge is 2.34. The molecule has 20 heteroatoms. The molecule has 0 aromatic heterocycles. The molecule has 0 saturated heterocycles. The van der Waals surface area contributed by atoms with E-state index in [0.717, 1.165) is 60.2 Å². The molecule has 0 aliphatic carbocycles. The molecule has 7 aromatic rings. The first-order valence-electron chi connectivity index (χ1n) is 18.9. The Morgan fingerprint density at radius 3 is 1.33 bits per heavy atom. The largest absolute Gasteiger partial charge is 0.309 e. The summed E-state index contributed by atoms with van der Waals surface area (Å²) in [5, 5.41) is -0.0207. The van der Waals surface area contributed by atoms with Crippen molar-refractivity contribution in [2.75, 3.05) is 14.2 Å². The minimum atomic E-state index is -4.65. The number of thiol groups is 2. The molecule has 10 nitrogen and oxygen atoms in total. The molecule has 352 valence electrons. The van der Waals surface area contributed by atoms with Crippen molar-refractivity contribution < 1.29 is 42.7 Å². The van der Waals surface area contributed by atoms with Gasteiger partial charge in [-0.1, -0.05) is 74.0 Å². The van der Waals surface area contributed by atoms with E-state index in [1.54, 1.807) is 29.6 Å². The van der Waals surface area contributed by atoms with E-state index in [4.69, 9.17) is 8.37 Å². The minimum absolute atomic E-state index is 0. The molecule has 0 aliphatic rings. The molecule has 0 aliphatic heterocycles. The summed E-state index contributed by atoms with van der Waals surface area (Å²) in [5.41, 5.74) is 0.0958. The number of hydrogen-bond acceptors (Lipinski definition) is 15. The summed E-state index contributed by atoms with van der Waals surface area (Å²) >= 11 is 14.1. The molecule has 1 N–H and O–H groups in total. The van der Waals surface area contributed by atoms with E-state index >= 15 is 4.57 Å². The highest BCUT2D eigenvalue weighted by Crippen LogP contribution is 2.46. The van der Waals surface area contributed by atoms with Crippen LogP contribution < -0.4 is 15.9 Å². The summed E-state index contributed by atoms with van der Waals surface area (Å²) < 4.78 is 114. The van der Waals surface area contributed by atoms with Gasteiger partial charge in [-0.3, -0.25) is 12.9 Å². The highest BCUT2D eigenvalue weighted by atomic mass is 32.2. The van der Waals surface area contributed by atoms with Crippen LogP contribution in [0.4, 0.5) is 0 Å². The first kappa shape index (κ1) is 54.5. The van der Waals surface area contributed by atoms with Gasteiger partial charge in [0.25, 0.3) is 30.4 Å². The van der Waals surface area contributed by atoms with E-state index in [2.05, 4.69) is 25.3 Å². The van der Waals surface area contributed by atoms with Gasteiger partial charge in [0.2, 0.25) is 0 Å². The van der Waals surface area contributed by atoms with Gasteiger partial charge in [-0.05, 0) is 151 Å². The molecular weight excluding hydrogens is 1040 g/mol. The molecule has 67 heavy (non-hydrogen) atoms. The van der Waals surface area contributed by atoms with Crippen LogP contribution in [0.3, 0.4) is 0 Å². The lowest BCUT2D eigenvalue weighted by Gasteiger charge is -2.23. The van der Waals surface area contributed by atoms with Crippen LogP contribution in [0.15, 0.2) is 216 Å². The van der Waals surface area contributed by atoms with Crippen LogP contribution in [-0.2, 0) is 49.0 Å². The second-order valence-corrected chi connectivity index (χ2v) is 27.0. The Morgan fingerprint density at radius 1 is 0.493 bits per heavy atom. The van der Waals surface area contributed by atoms with Crippen molar-refractivity contribution in [1.29, 1.82) is 0 Å². The second-order valence-electron chi connectivity index (χ2n) is 13.8. The summed E-state index contributed by atoms with van der Waals surface area (Å²) in [7, 11) is -15.8. The lowest BCUT2D eigenvalue weighted by Crippen LogP contribution is -2.27. The summed E-state index contributed by atoms with van der Waals surface area (Å²) in [5.74, 6) is -0.853. The zero-order chi connectivity index (χ0) is 46.6. The molecular formula is C47H45O10PS9. The molecule has 0 radical (unpaired) electrons. The maximum absolute atomic E-state index is 16.1. The fourth-order valence-electron chi connectivity index (χ4n) is 6.32. The van der Waals surface area contributed by atoms with Crippen LogP contribution in [0.25, 0.3) is 0 Å². The Labute approximate surface area is 421 Å². The van der Waals surface area contributed by atoms with Gasteiger partial charge < -0.3 is 4.57 Å². The quantitative estimate of drug-likeness (QED) is 0.0342. The summed E-state index contributed by atoms with van der Waals surface area (Å²) in [6, 6.07) is 44.4. The van der Waals surface area contributed by atoms with E-state index in [1.165, 1.54) is 66.4 Å². The molecule has 1 unspecified atom stereocenters. The van der Waals surface area contributed by atoms with E-state index in [1.807, 2.05) is 97.1 Å². The average molecular weight is 1090 g/mol. The van der Waals surface area contributed by atoms with Gasteiger partial charge in [0.15, 0.2) is 7.14 Å². The minimum Gasteiger partial charge on any atom is -0.309 e. The maximum atomic E-state index is 16.1. The molecule has 0 bridgehead atoms. The van der Waals surface area contributed by atoms with Crippen molar-refractivity contribution in [3.05, 3.63) is 163 Å². The van der Waals surface area contributed by atoms with Crippen molar-refractivity contribution in [3.63, 3.8) is 0 Å². The van der Waals surface area contributed by atoms with Crippen LogP contribution in [0.2, 0.25) is 0 Å².